The summed E-state index contributed by atoms with van der Waals surface area (Å²) in [4.78, 5) is 0. The number of rotatable bonds is 5. The number of hydrogen-bond donors (Lipinski definition) is 1. The van der Waals surface area contributed by atoms with Gasteiger partial charge in [-0.05, 0) is 37.2 Å². The van der Waals surface area contributed by atoms with Crippen molar-refractivity contribution in [1.82, 2.24) is 15.1 Å². The highest BCUT2D eigenvalue weighted by atomic mass is 16.5. The maximum absolute atomic E-state index is 5.41. The summed E-state index contributed by atoms with van der Waals surface area (Å²) in [6, 6.07) is 4.02. The van der Waals surface area contributed by atoms with Crippen molar-refractivity contribution in [2.75, 3.05) is 21.3 Å². The van der Waals surface area contributed by atoms with E-state index in [0.29, 0.717) is 0 Å². The zero-order valence-corrected chi connectivity index (χ0v) is 12.7. The SMILES string of the molecule is CNCc1cc(OC)c(OC)cc1-c1cnn(C)c1C. The molecule has 5 nitrogen and oxygen atoms in total. The summed E-state index contributed by atoms with van der Waals surface area (Å²) in [5, 5.41) is 7.50. The molecule has 0 atom stereocenters. The second-order valence-corrected chi connectivity index (χ2v) is 4.66. The van der Waals surface area contributed by atoms with Gasteiger partial charge in [0, 0.05) is 24.8 Å². The van der Waals surface area contributed by atoms with Gasteiger partial charge in [0.2, 0.25) is 0 Å². The molecule has 20 heavy (non-hydrogen) atoms. The number of ether oxygens (including phenoxy) is 2. The molecule has 108 valence electrons. The highest BCUT2D eigenvalue weighted by Crippen LogP contribution is 2.36. The Balaban J connectivity index is 2.63. The summed E-state index contributed by atoms with van der Waals surface area (Å²) in [6.45, 7) is 2.81. The molecule has 0 unspecified atom stereocenters. The lowest BCUT2D eigenvalue weighted by molar-refractivity contribution is 0.354. The molecule has 1 N–H and O–H groups in total. The number of hydrogen-bond acceptors (Lipinski definition) is 4. The normalized spacial score (nSPS) is 10.7. The highest BCUT2D eigenvalue weighted by molar-refractivity contribution is 5.72. The van der Waals surface area contributed by atoms with Crippen LogP contribution in [-0.2, 0) is 13.6 Å². The van der Waals surface area contributed by atoms with Gasteiger partial charge in [-0.15, -0.1) is 0 Å². The first-order chi connectivity index (χ1) is 9.62. The molecule has 0 aliphatic heterocycles. The molecule has 1 aromatic carbocycles. The fourth-order valence-corrected chi connectivity index (χ4v) is 2.27. The molecule has 1 aromatic heterocycles. The van der Waals surface area contributed by atoms with E-state index in [0.717, 1.165) is 40.4 Å². The molecule has 2 aromatic rings. The molecule has 0 amide bonds. The summed E-state index contributed by atoms with van der Waals surface area (Å²) in [6.07, 6.45) is 1.88. The zero-order chi connectivity index (χ0) is 14.7. The minimum absolute atomic E-state index is 0.727. The summed E-state index contributed by atoms with van der Waals surface area (Å²) in [5.41, 5.74) is 4.50. The predicted octanol–water partition coefficient (Wildman–Crippen LogP) is 2.13. The summed E-state index contributed by atoms with van der Waals surface area (Å²) in [7, 11) is 7.17. The highest BCUT2D eigenvalue weighted by Gasteiger charge is 2.15. The lowest BCUT2D eigenvalue weighted by Gasteiger charge is -2.15. The molecule has 0 fully saturated rings. The van der Waals surface area contributed by atoms with Crippen LogP contribution in [0.5, 0.6) is 11.5 Å². The van der Waals surface area contributed by atoms with Crippen LogP contribution in [0, 0.1) is 6.92 Å². The lowest BCUT2D eigenvalue weighted by Crippen LogP contribution is -2.07. The lowest BCUT2D eigenvalue weighted by atomic mass is 9.99. The largest absolute Gasteiger partial charge is 0.493 e. The topological polar surface area (TPSA) is 48.3 Å². The fraction of sp³-hybridized carbons (Fsp3) is 0.400. The molecule has 0 bridgehead atoms. The number of aryl methyl sites for hydroxylation is 1. The van der Waals surface area contributed by atoms with Crippen molar-refractivity contribution in [3.8, 4) is 22.6 Å². The average Bonchev–Trinajstić information content (AvgIpc) is 2.79. The smallest absolute Gasteiger partial charge is 0.161 e. The quantitative estimate of drug-likeness (QED) is 0.908. The van der Waals surface area contributed by atoms with Gasteiger partial charge in [0.15, 0.2) is 11.5 Å². The fourth-order valence-electron chi connectivity index (χ4n) is 2.27. The van der Waals surface area contributed by atoms with Gasteiger partial charge in [0.25, 0.3) is 0 Å². The standard InChI is InChI=1S/C15H21N3O2/c1-10-13(9-17-18(10)3)12-7-15(20-5)14(19-4)6-11(12)8-16-2/h6-7,9,16H,8H2,1-5H3. The maximum atomic E-state index is 5.41. The van der Waals surface area contributed by atoms with Crippen LogP contribution in [0.4, 0.5) is 0 Å². The van der Waals surface area contributed by atoms with Crippen LogP contribution in [0.3, 0.4) is 0 Å². The van der Waals surface area contributed by atoms with E-state index in [1.807, 2.05) is 37.1 Å². The number of aromatic nitrogens is 2. The molecule has 2 rings (SSSR count). The molecule has 0 radical (unpaired) electrons. The van der Waals surface area contributed by atoms with Crippen LogP contribution in [-0.4, -0.2) is 31.0 Å². The minimum Gasteiger partial charge on any atom is -0.493 e. The van der Waals surface area contributed by atoms with E-state index in [-0.39, 0.29) is 0 Å². The van der Waals surface area contributed by atoms with Crippen LogP contribution in [0.25, 0.3) is 11.1 Å². The van der Waals surface area contributed by atoms with E-state index in [1.165, 1.54) is 0 Å². The Bertz CT molecular complexity index is 605. The summed E-state index contributed by atoms with van der Waals surface area (Å²) >= 11 is 0. The molecule has 0 aliphatic carbocycles. The van der Waals surface area contributed by atoms with Crippen LogP contribution in [0.2, 0.25) is 0 Å². The van der Waals surface area contributed by atoms with Crippen molar-refractivity contribution in [2.24, 2.45) is 7.05 Å². The van der Waals surface area contributed by atoms with Gasteiger partial charge in [-0.25, -0.2) is 0 Å². The van der Waals surface area contributed by atoms with Crippen LogP contribution in [0.1, 0.15) is 11.3 Å². The first-order valence-electron chi connectivity index (χ1n) is 6.50. The van der Waals surface area contributed by atoms with Gasteiger partial charge in [0.1, 0.15) is 0 Å². The molecular formula is C15H21N3O2. The minimum atomic E-state index is 0.727. The predicted molar refractivity (Wildman–Crippen MR) is 79.2 cm³/mol. The molecule has 0 saturated carbocycles. The molecule has 0 saturated heterocycles. The van der Waals surface area contributed by atoms with Gasteiger partial charge >= 0.3 is 0 Å². The first kappa shape index (κ1) is 14.4. The first-order valence-corrected chi connectivity index (χ1v) is 6.50. The Kier molecular flexibility index (Phi) is 4.29. The molecular weight excluding hydrogens is 254 g/mol. The Morgan fingerprint density at radius 3 is 2.30 bits per heavy atom. The zero-order valence-electron chi connectivity index (χ0n) is 12.7. The van der Waals surface area contributed by atoms with E-state index >= 15 is 0 Å². The van der Waals surface area contributed by atoms with Crippen molar-refractivity contribution < 1.29 is 9.47 Å². The maximum Gasteiger partial charge on any atom is 0.161 e. The molecule has 0 spiro atoms. The Hall–Kier alpha value is -2.01. The molecule has 1 heterocycles. The second kappa shape index (κ2) is 5.96. The van der Waals surface area contributed by atoms with Crippen LogP contribution >= 0.6 is 0 Å². The van der Waals surface area contributed by atoms with Crippen molar-refractivity contribution in [1.29, 1.82) is 0 Å². The van der Waals surface area contributed by atoms with E-state index in [4.69, 9.17) is 9.47 Å². The Labute approximate surface area is 119 Å². The Morgan fingerprint density at radius 2 is 1.80 bits per heavy atom. The van der Waals surface area contributed by atoms with Gasteiger partial charge in [0.05, 0.1) is 20.4 Å². The number of methoxy groups -OCH3 is 2. The third-order valence-electron chi connectivity index (χ3n) is 3.50. The number of nitrogens with zero attached hydrogens (tertiary/aromatic N) is 2. The number of benzene rings is 1. The van der Waals surface area contributed by atoms with E-state index in [1.54, 1.807) is 14.2 Å². The van der Waals surface area contributed by atoms with Gasteiger partial charge < -0.3 is 14.8 Å². The number of nitrogens with one attached hydrogen (secondary N) is 1. The van der Waals surface area contributed by atoms with Crippen LogP contribution in [0.15, 0.2) is 18.3 Å². The second-order valence-electron chi connectivity index (χ2n) is 4.66. The van der Waals surface area contributed by atoms with E-state index in [9.17, 15) is 0 Å². The average molecular weight is 275 g/mol. The third-order valence-corrected chi connectivity index (χ3v) is 3.50. The summed E-state index contributed by atoms with van der Waals surface area (Å²) in [5.74, 6) is 1.47. The van der Waals surface area contributed by atoms with Crippen molar-refractivity contribution in [3.05, 3.63) is 29.6 Å². The monoisotopic (exact) mass is 275 g/mol. The van der Waals surface area contributed by atoms with Gasteiger partial charge in [-0.2, -0.15) is 5.10 Å². The van der Waals surface area contributed by atoms with Crippen LogP contribution < -0.4 is 14.8 Å². The van der Waals surface area contributed by atoms with Gasteiger partial charge in [-0.3, -0.25) is 4.68 Å². The van der Waals surface area contributed by atoms with Crippen molar-refractivity contribution >= 4 is 0 Å². The molecule has 0 aliphatic rings. The third kappa shape index (κ3) is 2.49. The van der Waals surface area contributed by atoms with E-state index < -0.39 is 0 Å². The van der Waals surface area contributed by atoms with Gasteiger partial charge in [-0.1, -0.05) is 0 Å². The summed E-state index contributed by atoms with van der Waals surface area (Å²) < 4.78 is 12.7. The van der Waals surface area contributed by atoms with Crippen molar-refractivity contribution in [2.45, 2.75) is 13.5 Å². The molecule has 5 heteroatoms. The van der Waals surface area contributed by atoms with Crippen molar-refractivity contribution in [3.63, 3.8) is 0 Å². The Morgan fingerprint density at radius 1 is 1.15 bits per heavy atom. The van der Waals surface area contributed by atoms with E-state index in [2.05, 4.69) is 17.3 Å².